The molecule has 0 atom stereocenters. The van der Waals surface area contributed by atoms with Crippen LogP contribution in [0.1, 0.15) is 27.9 Å². The van der Waals surface area contributed by atoms with Gasteiger partial charge in [0.2, 0.25) is 0 Å². The molecule has 0 aliphatic rings. The fraction of sp³-hybridized carbons (Fsp3) is 0.211. The summed E-state index contributed by atoms with van der Waals surface area (Å²) in [6.45, 7) is 0.889. The Hall–Kier alpha value is -2.73. The number of carboxylic acid groups (broad SMARTS) is 1. The van der Waals surface area contributed by atoms with Gasteiger partial charge in [-0.25, -0.2) is 13.6 Å². The van der Waals surface area contributed by atoms with Crippen molar-refractivity contribution in [3.63, 3.8) is 0 Å². The van der Waals surface area contributed by atoms with Gasteiger partial charge < -0.3 is 14.6 Å². The summed E-state index contributed by atoms with van der Waals surface area (Å²) in [6.07, 6.45) is 3.36. The largest absolute Gasteiger partial charge is 0.493 e. The minimum absolute atomic E-state index is 0.0258. The van der Waals surface area contributed by atoms with Crippen LogP contribution in [0.2, 0.25) is 0 Å². The molecule has 0 aliphatic carbocycles. The monoisotopic (exact) mass is 348 g/mol. The van der Waals surface area contributed by atoms with Crippen molar-refractivity contribution in [2.24, 2.45) is 0 Å². The number of hydrogen-bond acceptors (Lipinski definition) is 3. The molecule has 4 nitrogen and oxygen atoms in total. The zero-order chi connectivity index (χ0) is 18.2. The smallest absolute Gasteiger partial charge is 0.335 e. The van der Waals surface area contributed by atoms with Crippen molar-refractivity contribution in [3.05, 3.63) is 64.7 Å². The zero-order valence-corrected chi connectivity index (χ0v) is 13.7. The molecule has 0 unspecified atom stereocenters. The van der Waals surface area contributed by atoms with Crippen molar-refractivity contribution in [2.75, 3.05) is 20.3 Å². The predicted molar refractivity (Wildman–Crippen MR) is 90.7 cm³/mol. The van der Waals surface area contributed by atoms with E-state index in [-0.39, 0.29) is 11.1 Å². The van der Waals surface area contributed by atoms with Crippen molar-refractivity contribution in [3.8, 4) is 5.75 Å². The maximum Gasteiger partial charge on any atom is 0.335 e. The summed E-state index contributed by atoms with van der Waals surface area (Å²) < 4.78 is 37.7. The number of methoxy groups -OCH3 is 1. The number of carboxylic acids is 1. The summed E-state index contributed by atoms with van der Waals surface area (Å²) >= 11 is 0. The fourth-order valence-electron chi connectivity index (χ4n) is 2.17. The zero-order valence-electron chi connectivity index (χ0n) is 13.7. The lowest BCUT2D eigenvalue weighted by molar-refractivity contribution is 0.0696. The predicted octanol–water partition coefficient (Wildman–Crippen LogP) is 4.25. The van der Waals surface area contributed by atoms with Crippen molar-refractivity contribution < 1.29 is 28.2 Å². The molecule has 2 aromatic carbocycles. The highest BCUT2D eigenvalue weighted by molar-refractivity contribution is 5.89. The van der Waals surface area contributed by atoms with E-state index in [4.69, 9.17) is 9.47 Å². The van der Waals surface area contributed by atoms with Gasteiger partial charge in [-0.3, -0.25) is 0 Å². The van der Waals surface area contributed by atoms with Crippen LogP contribution in [-0.4, -0.2) is 31.4 Å². The second kappa shape index (κ2) is 8.94. The second-order valence-electron chi connectivity index (χ2n) is 5.26. The molecule has 0 radical (unpaired) electrons. The van der Waals surface area contributed by atoms with E-state index in [1.165, 1.54) is 30.4 Å². The summed E-state index contributed by atoms with van der Waals surface area (Å²) in [5.41, 5.74) is 0.299. The van der Waals surface area contributed by atoms with Crippen LogP contribution in [0.15, 0.2) is 36.4 Å². The SMILES string of the molecule is COCCCOc1cc(/C=C/c2c(F)cccc2F)cc(C(=O)O)c1. The van der Waals surface area contributed by atoms with E-state index in [0.717, 1.165) is 12.1 Å². The third-order valence-corrected chi connectivity index (χ3v) is 3.38. The van der Waals surface area contributed by atoms with Crippen LogP contribution in [0, 0.1) is 11.6 Å². The highest BCUT2D eigenvalue weighted by Crippen LogP contribution is 2.21. The molecule has 2 aromatic rings. The molecule has 0 saturated heterocycles. The molecule has 0 bridgehead atoms. The first-order valence-corrected chi connectivity index (χ1v) is 7.63. The highest BCUT2D eigenvalue weighted by atomic mass is 19.1. The van der Waals surface area contributed by atoms with Crippen LogP contribution in [0.4, 0.5) is 8.78 Å². The molecule has 25 heavy (non-hydrogen) atoms. The van der Waals surface area contributed by atoms with Crippen LogP contribution < -0.4 is 4.74 Å². The van der Waals surface area contributed by atoms with Gasteiger partial charge >= 0.3 is 5.97 Å². The quantitative estimate of drug-likeness (QED) is 0.572. The van der Waals surface area contributed by atoms with Crippen molar-refractivity contribution in [1.29, 1.82) is 0 Å². The molecule has 0 spiro atoms. The fourth-order valence-corrected chi connectivity index (χ4v) is 2.17. The van der Waals surface area contributed by atoms with Crippen molar-refractivity contribution in [2.45, 2.75) is 6.42 Å². The van der Waals surface area contributed by atoms with Gasteiger partial charge in [-0.05, 0) is 42.0 Å². The Morgan fingerprint density at radius 3 is 2.48 bits per heavy atom. The summed E-state index contributed by atoms with van der Waals surface area (Å²) in [7, 11) is 1.58. The average Bonchev–Trinajstić information content (AvgIpc) is 2.58. The maximum atomic E-state index is 13.7. The normalized spacial score (nSPS) is 11.0. The van der Waals surface area contributed by atoms with Gasteiger partial charge in [-0.2, -0.15) is 0 Å². The first-order chi connectivity index (χ1) is 12.0. The van der Waals surface area contributed by atoms with E-state index in [1.807, 2.05) is 0 Å². The van der Waals surface area contributed by atoms with Crippen molar-refractivity contribution >= 4 is 18.1 Å². The summed E-state index contributed by atoms with van der Waals surface area (Å²) in [4.78, 5) is 11.2. The van der Waals surface area contributed by atoms with Crippen LogP contribution in [0.3, 0.4) is 0 Å². The minimum atomic E-state index is -1.12. The van der Waals surface area contributed by atoms with Crippen LogP contribution in [-0.2, 0) is 4.74 Å². The molecule has 2 rings (SSSR count). The summed E-state index contributed by atoms with van der Waals surface area (Å²) in [6, 6.07) is 7.99. The Morgan fingerprint density at radius 2 is 1.84 bits per heavy atom. The number of carbonyl (C=O) groups is 1. The molecular formula is C19H18F2O4. The number of aromatic carboxylic acids is 1. The number of halogens is 2. The Bertz CT molecular complexity index is 752. The van der Waals surface area contributed by atoms with Gasteiger partial charge in [0.1, 0.15) is 17.4 Å². The van der Waals surface area contributed by atoms with Crippen LogP contribution in [0.5, 0.6) is 5.75 Å². The second-order valence-corrected chi connectivity index (χ2v) is 5.26. The Labute approximate surface area is 144 Å². The van der Waals surface area contributed by atoms with E-state index in [0.29, 0.717) is 30.9 Å². The lowest BCUT2D eigenvalue weighted by atomic mass is 10.1. The molecular weight excluding hydrogens is 330 g/mol. The number of ether oxygens (including phenoxy) is 2. The lowest BCUT2D eigenvalue weighted by Crippen LogP contribution is -2.03. The van der Waals surface area contributed by atoms with E-state index < -0.39 is 17.6 Å². The van der Waals surface area contributed by atoms with E-state index in [9.17, 15) is 18.7 Å². The number of rotatable bonds is 8. The third kappa shape index (κ3) is 5.39. The molecule has 0 amide bonds. The lowest BCUT2D eigenvalue weighted by Gasteiger charge is -2.08. The van der Waals surface area contributed by atoms with E-state index in [2.05, 4.69) is 0 Å². The van der Waals surface area contributed by atoms with Crippen LogP contribution in [0.25, 0.3) is 12.2 Å². The molecule has 0 aliphatic heterocycles. The third-order valence-electron chi connectivity index (χ3n) is 3.38. The van der Waals surface area contributed by atoms with Crippen LogP contribution >= 0.6 is 0 Å². The molecule has 0 heterocycles. The summed E-state index contributed by atoms with van der Waals surface area (Å²) in [5.74, 6) is -2.14. The first kappa shape index (κ1) is 18.6. The van der Waals surface area contributed by atoms with E-state index >= 15 is 0 Å². The van der Waals surface area contributed by atoms with Gasteiger partial charge in [0.25, 0.3) is 0 Å². The van der Waals surface area contributed by atoms with Gasteiger partial charge in [0, 0.05) is 25.7 Å². The average molecular weight is 348 g/mol. The first-order valence-electron chi connectivity index (χ1n) is 7.63. The Balaban J connectivity index is 2.25. The highest BCUT2D eigenvalue weighted by Gasteiger charge is 2.08. The molecule has 0 saturated carbocycles. The molecule has 1 N–H and O–H groups in total. The molecule has 0 fully saturated rings. The summed E-state index contributed by atoms with van der Waals surface area (Å²) in [5, 5.41) is 9.20. The number of hydrogen-bond donors (Lipinski definition) is 1. The standard InChI is InChI=1S/C19H18F2O4/c1-24-8-3-9-25-15-11-13(10-14(12-15)19(22)23)6-7-16-17(20)4-2-5-18(16)21/h2,4-7,10-12H,3,8-9H2,1H3,(H,22,23)/b7-6+. The van der Waals surface area contributed by atoms with Crippen molar-refractivity contribution in [1.82, 2.24) is 0 Å². The maximum absolute atomic E-state index is 13.7. The molecule has 132 valence electrons. The minimum Gasteiger partial charge on any atom is -0.493 e. The van der Waals surface area contributed by atoms with Gasteiger partial charge in [-0.1, -0.05) is 12.1 Å². The van der Waals surface area contributed by atoms with Gasteiger partial charge in [-0.15, -0.1) is 0 Å². The van der Waals surface area contributed by atoms with E-state index in [1.54, 1.807) is 13.2 Å². The Morgan fingerprint density at radius 1 is 1.12 bits per heavy atom. The number of benzene rings is 2. The Kier molecular flexibility index (Phi) is 6.65. The topological polar surface area (TPSA) is 55.8 Å². The molecule has 0 aromatic heterocycles. The van der Waals surface area contributed by atoms with Gasteiger partial charge in [0.05, 0.1) is 12.2 Å². The van der Waals surface area contributed by atoms with Gasteiger partial charge in [0.15, 0.2) is 0 Å². The molecule has 6 heteroatoms.